The van der Waals surface area contributed by atoms with Crippen molar-refractivity contribution in [3.63, 3.8) is 0 Å². The molecule has 0 aliphatic carbocycles. The van der Waals surface area contributed by atoms with Crippen LogP contribution in [0, 0.1) is 13.8 Å². The van der Waals surface area contributed by atoms with Crippen LogP contribution in [0.5, 0.6) is 0 Å². The fourth-order valence-corrected chi connectivity index (χ4v) is 3.16. The Hall–Kier alpha value is -3.20. The zero-order chi connectivity index (χ0) is 18.7. The van der Waals surface area contributed by atoms with Crippen LogP contribution in [0.3, 0.4) is 0 Å². The van der Waals surface area contributed by atoms with Gasteiger partial charge in [0.05, 0.1) is 10.6 Å². The van der Waals surface area contributed by atoms with Crippen LogP contribution in [0.1, 0.15) is 21.6 Å². The first kappa shape index (κ1) is 17.6. The van der Waals surface area contributed by atoms with E-state index >= 15 is 0 Å². The monoisotopic (exact) mass is 372 g/mol. The zero-order valence-electron chi connectivity index (χ0n) is 14.1. The molecule has 26 heavy (non-hydrogen) atoms. The van der Waals surface area contributed by atoms with Gasteiger partial charge < -0.3 is 9.84 Å². The number of aromatic nitrogens is 2. The summed E-state index contributed by atoms with van der Waals surface area (Å²) in [6.07, 6.45) is 3.03. The van der Waals surface area contributed by atoms with Crippen LogP contribution in [-0.4, -0.2) is 24.5 Å². The van der Waals surface area contributed by atoms with Crippen molar-refractivity contribution >= 4 is 27.5 Å². The average molecular weight is 372 g/mol. The van der Waals surface area contributed by atoms with E-state index in [9.17, 15) is 13.2 Å². The summed E-state index contributed by atoms with van der Waals surface area (Å²) in [7, 11) is -3.82. The summed E-state index contributed by atoms with van der Waals surface area (Å²) in [5.74, 6) is -0.230. The Labute approximate surface area is 150 Å². The second-order valence-electron chi connectivity index (χ2n) is 5.54. The van der Waals surface area contributed by atoms with Crippen LogP contribution in [0.4, 0.5) is 11.6 Å². The topological polar surface area (TPSA) is 114 Å². The lowest BCUT2D eigenvalue weighted by Crippen LogP contribution is -2.14. The number of nitrogens with zero attached hydrogens (tertiary/aromatic N) is 2. The Kier molecular flexibility index (Phi) is 4.72. The summed E-state index contributed by atoms with van der Waals surface area (Å²) in [5.41, 5.74) is 2.15. The van der Waals surface area contributed by atoms with Gasteiger partial charge in [-0.25, -0.2) is 13.1 Å². The van der Waals surface area contributed by atoms with E-state index in [0.29, 0.717) is 22.5 Å². The van der Waals surface area contributed by atoms with Gasteiger partial charge in [0.25, 0.3) is 15.9 Å². The second-order valence-corrected chi connectivity index (χ2v) is 7.22. The largest absolute Gasteiger partial charge is 0.337 e. The summed E-state index contributed by atoms with van der Waals surface area (Å²) in [4.78, 5) is 16.0. The molecule has 1 amide bonds. The first-order chi connectivity index (χ1) is 12.4. The standard InChI is InChI=1S/C17H16N4O4S/c1-11-12(2)20-25-17(11)21-26(23,24)15-5-3-14(4-6-15)19-16(22)13-7-9-18-10-8-13/h3-10,21H,1-2H3,(H,19,22). The minimum absolute atomic E-state index is 0.0351. The number of pyridine rings is 1. The Morgan fingerprint density at radius 3 is 2.27 bits per heavy atom. The Morgan fingerprint density at radius 2 is 1.69 bits per heavy atom. The molecule has 0 spiro atoms. The Balaban J connectivity index is 1.74. The SMILES string of the molecule is Cc1noc(NS(=O)(=O)c2ccc(NC(=O)c3ccncc3)cc2)c1C. The van der Waals surface area contributed by atoms with Gasteiger partial charge in [0, 0.05) is 29.2 Å². The number of hydrogen-bond acceptors (Lipinski definition) is 6. The molecule has 2 heterocycles. The Morgan fingerprint density at radius 1 is 1.04 bits per heavy atom. The molecule has 0 aliphatic heterocycles. The van der Waals surface area contributed by atoms with Crippen molar-refractivity contribution in [3.05, 3.63) is 65.6 Å². The van der Waals surface area contributed by atoms with E-state index < -0.39 is 10.0 Å². The first-order valence-corrected chi connectivity index (χ1v) is 9.12. The van der Waals surface area contributed by atoms with Crippen molar-refractivity contribution in [3.8, 4) is 0 Å². The molecular weight excluding hydrogens is 356 g/mol. The summed E-state index contributed by atoms with van der Waals surface area (Å²) < 4.78 is 32.2. The number of sulfonamides is 1. The smallest absolute Gasteiger partial charge is 0.264 e. The predicted octanol–water partition coefficient (Wildman–Crippen LogP) is 2.74. The molecule has 8 nitrogen and oxygen atoms in total. The van der Waals surface area contributed by atoms with Gasteiger partial charge in [-0.3, -0.25) is 9.78 Å². The third kappa shape index (κ3) is 3.72. The number of anilines is 2. The molecule has 134 valence electrons. The van der Waals surface area contributed by atoms with E-state index in [1.54, 1.807) is 26.0 Å². The molecule has 0 fully saturated rings. The number of nitrogens with one attached hydrogen (secondary N) is 2. The maximum absolute atomic E-state index is 12.4. The molecule has 2 N–H and O–H groups in total. The lowest BCUT2D eigenvalue weighted by molar-refractivity contribution is 0.102. The van der Waals surface area contributed by atoms with E-state index in [0.717, 1.165) is 0 Å². The number of aryl methyl sites for hydroxylation is 1. The number of carbonyl (C=O) groups is 1. The third-order valence-corrected chi connectivity index (χ3v) is 5.10. The summed E-state index contributed by atoms with van der Waals surface area (Å²) in [5, 5.41) is 6.40. The predicted molar refractivity (Wildman–Crippen MR) is 95.4 cm³/mol. The highest BCUT2D eigenvalue weighted by atomic mass is 32.2. The van der Waals surface area contributed by atoms with Crippen LogP contribution >= 0.6 is 0 Å². The van der Waals surface area contributed by atoms with E-state index in [2.05, 4.69) is 20.2 Å². The van der Waals surface area contributed by atoms with Gasteiger partial charge in [0.1, 0.15) is 0 Å². The number of amides is 1. The molecule has 0 unspecified atom stereocenters. The molecule has 0 saturated heterocycles. The van der Waals surface area contributed by atoms with Crippen LogP contribution in [0.15, 0.2) is 58.2 Å². The van der Waals surface area contributed by atoms with Crippen molar-refractivity contribution in [1.29, 1.82) is 0 Å². The van der Waals surface area contributed by atoms with E-state index in [-0.39, 0.29) is 16.7 Å². The number of benzene rings is 1. The average Bonchev–Trinajstić information content (AvgIpc) is 2.94. The zero-order valence-corrected chi connectivity index (χ0v) is 14.9. The van der Waals surface area contributed by atoms with Gasteiger partial charge in [-0.15, -0.1) is 0 Å². The fourth-order valence-electron chi connectivity index (χ4n) is 2.12. The molecule has 0 aliphatic rings. The highest BCUT2D eigenvalue weighted by Crippen LogP contribution is 2.22. The minimum Gasteiger partial charge on any atom is -0.337 e. The van der Waals surface area contributed by atoms with Crippen molar-refractivity contribution in [2.75, 3.05) is 10.0 Å². The molecule has 0 bridgehead atoms. The van der Waals surface area contributed by atoms with Crippen molar-refractivity contribution in [2.24, 2.45) is 0 Å². The molecule has 1 aromatic carbocycles. The van der Waals surface area contributed by atoms with E-state index in [4.69, 9.17) is 4.52 Å². The van der Waals surface area contributed by atoms with E-state index in [1.165, 1.54) is 36.7 Å². The molecule has 9 heteroatoms. The van der Waals surface area contributed by atoms with Crippen LogP contribution in [0.2, 0.25) is 0 Å². The van der Waals surface area contributed by atoms with Crippen molar-refractivity contribution < 1.29 is 17.7 Å². The van der Waals surface area contributed by atoms with Gasteiger partial charge in [-0.1, -0.05) is 5.16 Å². The third-order valence-electron chi connectivity index (χ3n) is 3.75. The summed E-state index contributed by atoms with van der Waals surface area (Å²) in [6, 6.07) is 8.96. The quantitative estimate of drug-likeness (QED) is 0.712. The molecular formula is C17H16N4O4S. The summed E-state index contributed by atoms with van der Waals surface area (Å²) in [6.45, 7) is 3.43. The van der Waals surface area contributed by atoms with Crippen LogP contribution < -0.4 is 10.0 Å². The maximum Gasteiger partial charge on any atom is 0.264 e. The molecule has 0 atom stereocenters. The minimum atomic E-state index is -3.82. The fraction of sp³-hybridized carbons (Fsp3) is 0.118. The lowest BCUT2D eigenvalue weighted by atomic mass is 10.2. The number of hydrogen-bond donors (Lipinski definition) is 2. The normalized spacial score (nSPS) is 11.2. The lowest BCUT2D eigenvalue weighted by Gasteiger charge is -2.08. The molecule has 3 aromatic rings. The number of rotatable bonds is 5. The highest BCUT2D eigenvalue weighted by molar-refractivity contribution is 7.92. The second kappa shape index (κ2) is 6.96. The highest BCUT2D eigenvalue weighted by Gasteiger charge is 2.19. The van der Waals surface area contributed by atoms with Crippen molar-refractivity contribution in [2.45, 2.75) is 18.7 Å². The van der Waals surface area contributed by atoms with Gasteiger partial charge in [0.2, 0.25) is 5.88 Å². The van der Waals surface area contributed by atoms with Crippen molar-refractivity contribution in [1.82, 2.24) is 10.1 Å². The van der Waals surface area contributed by atoms with Crippen LogP contribution in [0.25, 0.3) is 0 Å². The summed E-state index contributed by atoms with van der Waals surface area (Å²) >= 11 is 0. The molecule has 2 aromatic heterocycles. The van der Waals surface area contributed by atoms with Crippen LogP contribution in [-0.2, 0) is 10.0 Å². The van der Waals surface area contributed by atoms with Gasteiger partial charge in [-0.05, 0) is 50.2 Å². The first-order valence-electron chi connectivity index (χ1n) is 7.64. The molecule has 0 saturated carbocycles. The molecule has 3 rings (SSSR count). The van der Waals surface area contributed by atoms with E-state index in [1.807, 2.05) is 0 Å². The van der Waals surface area contributed by atoms with Gasteiger partial charge >= 0.3 is 0 Å². The van der Waals surface area contributed by atoms with Gasteiger partial charge in [0.15, 0.2) is 0 Å². The molecule has 0 radical (unpaired) electrons. The number of carbonyl (C=O) groups excluding carboxylic acids is 1. The maximum atomic E-state index is 12.4. The van der Waals surface area contributed by atoms with Gasteiger partial charge in [-0.2, -0.15) is 0 Å². The Bertz CT molecular complexity index is 1030.